The van der Waals surface area contributed by atoms with Gasteiger partial charge in [0, 0.05) is 25.6 Å². The third kappa shape index (κ3) is 5.83. The van der Waals surface area contributed by atoms with Crippen LogP contribution in [0.2, 0.25) is 5.02 Å². The Morgan fingerprint density at radius 1 is 1.46 bits per heavy atom. The molecule has 26 heavy (non-hydrogen) atoms. The van der Waals surface area contributed by atoms with Gasteiger partial charge in [0.15, 0.2) is 0 Å². The first-order valence-corrected chi connectivity index (χ1v) is 9.33. The molecule has 0 aromatic heterocycles. The molecule has 2 atom stereocenters. The van der Waals surface area contributed by atoms with Crippen LogP contribution in [0.4, 0.5) is 9.18 Å². The minimum Gasteiger partial charge on any atom is -0.444 e. The first-order chi connectivity index (χ1) is 12.2. The van der Waals surface area contributed by atoms with Crippen LogP contribution < -0.4 is 5.73 Å². The number of nitrogens with zero attached hydrogens (tertiary/aromatic N) is 1. The summed E-state index contributed by atoms with van der Waals surface area (Å²) in [4.78, 5) is 14.1. The topological polar surface area (TPSA) is 64.8 Å². The smallest absolute Gasteiger partial charge is 0.410 e. The molecule has 2 rings (SSSR count). The fourth-order valence-electron chi connectivity index (χ4n) is 3.14. The number of hydrogen-bond acceptors (Lipinski definition) is 4. The Labute approximate surface area is 159 Å². The van der Waals surface area contributed by atoms with E-state index in [1.807, 2.05) is 20.8 Å². The van der Waals surface area contributed by atoms with E-state index in [0.717, 1.165) is 18.4 Å². The molecule has 0 bridgehead atoms. The molecule has 1 aromatic rings. The second-order valence-electron chi connectivity index (χ2n) is 7.58. The lowest BCUT2D eigenvalue weighted by atomic mass is 9.88. The normalized spacial score (nSPS) is 19.3. The Balaban J connectivity index is 2.16. The Morgan fingerprint density at radius 3 is 2.81 bits per heavy atom. The van der Waals surface area contributed by atoms with Crippen molar-refractivity contribution >= 4 is 17.7 Å². The first kappa shape index (κ1) is 20.9. The summed E-state index contributed by atoms with van der Waals surface area (Å²) in [5.41, 5.74) is 5.84. The highest BCUT2D eigenvalue weighted by atomic mass is 35.5. The Morgan fingerprint density at radius 2 is 2.19 bits per heavy atom. The van der Waals surface area contributed by atoms with Gasteiger partial charge in [0.25, 0.3) is 0 Å². The van der Waals surface area contributed by atoms with Crippen LogP contribution in [-0.4, -0.2) is 42.8 Å². The SMILES string of the molecule is CC(C)(C)OC(=O)N1CCCC(C(OCCN)c2ccc(F)c(Cl)c2)C1. The number of rotatable bonds is 5. The van der Waals surface area contributed by atoms with Crippen molar-refractivity contribution in [2.75, 3.05) is 26.2 Å². The van der Waals surface area contributed by atoms with Crippen molar-refractivity contribution in [1.82, 2.24) is 4.90 Å². The van der Waals surface area contributed by atoms with E-state index in [-0.39, 0.29) is 23.1 Å². The quantitative estimate of drug-likeness (QED) is 0.825. The molecule has 0 spiro atoms. The number of amides is 1. The van der Waals surface area contributed by atoms with E-state index in [1.165, 1.54) is 6.07 Å². The van der Waals surface area contributed by atoms with E-state index in [2.05, 4.69) is 0 Å². The minimum absolute atomic E-state index is 0.0589. The number of nitrogens with two attached hydrogens (primary N) is 1. The molecule has 1 heterocycles. The highest BCUT2D eigenvalue weighted by Crippen LogP contribution is 2.34. The van der Waals surface area contributed by atoms with Crippen LogP contribution in [0, 0.1) is 11.7 Å². The molecule has 1 saturated heterocycles. The van der Waals surface area contributed by atoms with Crippen molar-refractivity contribution in [3.05, 3.63) is 34.6 Å². The molecular weight excluding hydrogens is 359 g/mol. The van der Waals surface area contributed by atoms with Crippen LogP contribution in [0.15, 0.2) is 18.2 Å². The molecule has 7 heteroatoms. The molecular formula is C19H28ClFN2O3. The van der Waals surface area contributed by atoms with Crippen molar-refractivity contribution in [2.45, 2.75) is 45.3 Å². The molecule has 1 amide bonds. The number of carbonyl (C=O) groups is 1. The fraction of sp³-hybridized carbons (Fsp3) is 0.632. The Kier molecular flexibility index (Phi) is 7.26. The van der Waals surface area contributed by atoms with Crippen LogP contribution in [0.1, 0.15) is 45.3 Å². The van der Waals surface area contributed by atoms with Crippen LogP contribution in [0.3, 0.4) is 0 Å². The second kappa shape index (κ2) is 9.02. The summed E-state index contributed by atoms with van der Waals surface area (Å²) in [5, 5.41) is 0.0589. The van der Waals surface area contributed by atoms with Gasteiger partial charge in [0.1, 0.15) is 11.4 Å². The van der Waals surface area contributed by atoms with Crippen LogP contribution in [0.25, 0.3) is 0 Å². The van der Waals surface area contributed by atoms with Crippen molar-refractivity contribution in [1.29, 1.82) is 0 Å². The highest BCUT2D eigenvalue weighted by molar-refractivity contribution is 6.30. The number of benzene rings is 1. The third-order valence-corrected chi connectivity index (χ3v) is 4.51. The van der Waals surface area contributed by atoms with Crippen LogP contribution >= 0.6 is 11.6 Å². The van der Waals surface area contributed by atoms with Crippen molar-refractivity contribution < 1.29 is 18.7 Å². The van der Waals surface area contributed by atoms with Gasteiger partial charge in [0.05, 0.1) is 17.7 Å². The number of hydrogen-bond donors (Lipinski definition) is 1. The first-order valence-electron chi connectivity index (χ1n) is 8.96. The molecule has 2 unspecified atom stereocenters. The Hall–Kier alpha value is -1.37. The molecule has 5 nitrogen and oxygen atoms in total. The van der Waals surface area contributed by atoms with Crippen molar-refractivity contribution in [3.63, 3.8) is 0 Å². The van der Waals surface area contributed by atoms with Gasteiger partial charge in [-0.05, 0) is 51.3 Å². The molecule has 1 aliphatic heterocycles. The predicted octanol–water partition coefficient (Wildman–Crippen LogP) is 4.14. The maximum absolute atomic E-state index is 13.5. The summed E-state index contributed by atoms with van der Waals surface area (Å²) in [7, 11) is 0. The third-order valence-electron chi connectivity index (χ3n) is 4.23. The van der Waals surface area contributed by atoms with Gasteiger partial charge in [0.2, 0.25) is 0 Å². The van der Waals surface area contributed by atoms with E-state index in [1.54, 1.807) is 17.0 Å². The lowest BCUT2D eigenvalue weighted by Crippen LogP contribution is -2.44. The largest absolute Gasteiger partial charge is 0.444 e. The van der Waals surface area contributed by atoms with E-state index in [4.69, 9.17) is 26.8 Å². The summed E-state index contributed by atoms with van der Waals surface area (Å²) >= 11 is 5.94. The standard InChI is InChI=1S/C19H28ClFN2O3/c1-19(2,3)26-18(24)23-9-4-5-14(12-23)17(25-10-8-22)13-6-7-16(21)15(20)11-13/h6-7,11,14,17H,4-5,8-10,12,22H2,1-3H3. The van der Waals surface area contributed by atoms with Crippen molar-refractivity contribution in [2.24, 2.45) is 11.7 Å². The zero-order chi connectivity index (χ0) is 19.3. The maximum Gasteiger partial charge on any atom is 0.410 e. The van der Waals surface area contributed by atoms with Gasteiger partial charge in [-0.2, -0.15) is 0 Å². The predicted molar refractivity (Wildman–Crippen MR) is 99.7 cm³/mol. The number of ether oxygens (including phenoxy) is 2. The zero-order valence-electron chi connectivity index (χ0n) is 15.6. The molecule has 0 saturated carbocycles. The lowest BCUT2D eigenvalue weighted by Gasteiger charge is -2.37. The summed E-state index contributed by atoms with van der Waals surface area (Å²) in [6.07, 6.45) is 1.11. The molecule has 0 radical (unpaired) electrons. The van der Waals surface area contributed by atoms with E-state index >= 15 is 0 Å². The zero-order valence-corrected chi connectivity index (χ0v) is 16.4. The summed E-state index contributed by atoms with van der Waals surface area (Å²) in [5.74, 6) is -0.406. The van der Waals surface area contributed by atoms with E-state index < -0.39 is 11.4 Å². The minimum atomic E-state index is -0.538. The van der Waals surface area contributed by atoms with Gasteiger partial charge in [-0.25, -0.2) is 9.18 Å². The average molecular weight is 387 g/mol. The summed E-state index contributed by atoms with van der Waals surface area (Å²) in [6.45, 7) is 7.47. The number of likely N-dealkylation sites (tertiary alicyclic amines) is 1. The molecule has 0 aliphatic carbocycles. The van der Waals surface area contributed by atoms with Gasteiger partial charge in [-0.1, -0.05) is 17.7 Å². The number of halogens is 2. The van der Waals surface area contributed by atoms with Crippen LogP contribution in [0.5, 0.6) is 0 Å². The fourth-order valence-corrected chi connectivity index (χ4v) is 3.33. The van der Waals surface area contributed by atoms with Gasteiger partial charge < -0.3 is 20.1 Å². The van der Waals surface area contributed by atoms with Crippen LogP contribution in [-0.2, 0) is 9.47 Å². The molecule has 1 fully saturated rings. The van der Waals surface area contributed by atoms with Gasteiger partial charge in [-0.3, -0.25) is 0 Å². The summed E-state index contributed by atoms with van der Waals surface area (Å²) in [6, 6.07) is 4.60. The average Bonchev–Trinajstić information content (AvgIpc) is 2.57. The van der Waals surface area contributed by atoms with Gasteiger partial charge >= 0.3 is 6.09 Å². The van der Waals surface area contributed by atoms with Gasteiger partial charge in [-0.15, -0.1) is 0 Å². The lowest BCUT2D eigenvalue weighted by molar-refractivity contribution is -0.0233. The second-order valence-corrected chi connectivity index (χ2v) is 7.99. The molecule has 146 valence electrons. The number of carbonyl (C=O) groups excluding carboxylic acids is 1. The number of piperidine rings is 1. The van der Waals surface area contributed by atoms with E-state index in [9.17, 15) is 9.18 Å². The molecule has 1 aromatic carbocycles. The molecule has 2 N–H and O–H groups in total. The molecule has 1 aliphatic rings. The monoisotopic (exact) mass is 386 g/mol. The summed E-state index contributed by atoms with van der Waals surface area (Å²) < 4.78 is 25.0. The Bertz CT molecular complexity index is 621. The van der Waals surface area contributed by atoms with Crippen molar-refractivity contribution in [3.8, 4) is 0 Å². The maximum atomic E-state index is 13.5. The highest BCUT2D eigenvalue weighted by Gasteiger charge is 2.33. The van der Waals surface area contributed by atoms with E-state index in [0.29, 0.717) is 26.2 Å².